The lowest BCUT2D eigenvalue weighted by Crippen LogP contribution is -2.49. The Balaban J connectivity index is 1.88. The molecule has 2 aromatic rings. The van der Waals surface area contributed by atoms with Crippen LogP contribution >= 0.6 is 23.2 Å². The minimum Gasteiger partial charge on any atom is -0.393 e. The summed E-state index contributed by atoms with van der Waals surface area (Å²) in [5, 5.41) is 22.4. The van der Waals surface area contributed by atoms with E-state index in [1.165, 1.54) is 24.4 Å². The maximum Gasteiger partial charge on any atom is 0.262 e. The lowest BCUT2D eigenvalue weighted by atomic mass is 9.74. The molecule has 9 heteroatoms. The van der Waals surface area contributed by atoms with Crippen LogP contribution in [0.4, 0.5) is 8.78 Å². The number of hydrogen-bond donors (Lipinski definition) is 3. The van der Waals surface area contributed by atoms with E-state index < -0.39 is 29.6 Å². The quantitative estimate of drug-likeness (QED) is 0.715. The van der Waals surface area contributed by atoms with Gasteiger partial charge in [0.05, 0.1) is 12.3 Å². The normalized spacial score (nSPS) is 24.4. The van der Waals surface area contributed by atoms with Crippen LogP contribution in [0.2, 0.25) is 10.0 Å². The molecular weight excluding hydrogens is 401 g/mol. The molecule has 0 fully saturated rings. The molecule has 0 saturated carbocycles. The number of pyridine rings is 1. The second kappa shape index (κ2) is 7.31. The first kappa shape index (κ1) is 19.9. The zero-order chi connectivity index (χ0) is 19.8. The van der Waals surface area contributed by atoms with E-state index in [-0.39, 0.29) is 46.3 Å². The third kappa shape index (κ3) is 3.52. The molecule has 0 unspecified atom stereocenters. The maximum absolute atomic E-state index is 15.6. The molecule has 0 radical (unpaired) electrons. The summed E-state index contributed by atoms with van der Waals surface area (Å²) >= 11 is 11.6. The Morgan fingerprint density at radius 2 is 2.07 bits per heavy atom. The highest BCUT2D eigenvalue weighted by atomic mass is 35.5. The van der Waals surface area contributed by atoms with Crippen molar-refractivity contribution in [3.05, 3.63) is 63.1 Å². The molecule has 1 heterocycles. The summed E-state index contributed by atoms with van der Waals surface area (Å²) in [5.41, 5.74) is -4.45. The molecule has 0 spiro atoms. The number of amides is 1. The minimum absolute atomic E-state index is 0.00794. The maximum atomic E-state index is 15.6. The zero-order valence-electron chi connectivity index (χ0n) is 14.0. The number of nitrogens with zero attached hydrogens (tertiary/aromatic N) is 1. The lowest BCUT2D eigenvalue weighted by Gasteiger charge is -2.38. The number of benzene rings is 1. The number of aromatic nitrogens is 1. The van der Waals surface area contributed by atoms with E-state index in [1.54, 1.807) is 0 Å². The number of rotatable bonds is 4. The topological polar surface area (TPSA) is 82.5 Å². The highest BCUT2D eigenvalue weighted by Crippen LogP contribution is 2.45. The highest BCUT2D eigenvalue weighted by Gasteiger charge is 2.51. The molecule has 3 N–H and O–H groups in total. The molecule has 1 amide bonds. The monoisotopic (exact) mass is 416 g/mol. The molecule has 5 nitrogen and oxygen atoms in total. The molecule has 3 rings (SSSR count). The molecule has 1 aliphatic rings. The molecule has 27 heavy (non-hydrogen) atoms. The van der Waals surface area contributed by atoms with Crippen LogP contribution in [0.3, 0.4) is 0 Å². The molecule has 1 aliphatic carbocycles. The molecule has 0 saturated heterocycles. The van der Waals surface area contributed by atoms with Crippen LogP contribution in [0.1, 0.15) is 29.7 Å². The van der Waals surface area contributed by atoms with Crippen LogP contribution in [0.5, 0.6) is 0 Å². The summed E-state index contributed by atoms with van der Waals surface area (Å²) in [7, 11) is 0. The Morgan fingerprint density at radius 3 is 2.74 bits per heavy atom. The van der Waals surface area contributed by atoms with Crippen molar-refractivity contribution in [2.24, 2.45) is 0 Å². The molecule has 144 valence electrons. The van der Waals surface area contributed by atoms with Crippen molar-refractivity contribution >= 4 is 29.1 Å². The smallest absolute Gasteiger partial charge is 0.262 e. The van der Waals surface area contributed by atoms with Crippen molar-refractivity contribution < 1.29 is 23.8 Å². The highest BCUT2D eigenvalue weighted by molar-refractivity contribution is 6.35. The fourth-order valence-electron chi connectivity index (χ4n) is 3.17. The van der Waals surface area contributed by atoms with Crippen LogP contribution in [0.25, 0.3) is 0 Å². The van der Waals surface area contributed by atoms with Gasteiger partial charge in [-0.05, 0) is 31.0 Å². The summed E-state index contributed by atoms with van der Waals surface area (Å²) in [4.78, 5) is 16.5. The summed E-state index contributed by atoms with van der Waals surface area (Å²) in [6.45, 7) is -0.994. The van der Waals surface area contributed by atoms with Crippen molar-refractivity contribution in [2.75, 3.05) is 6.61 Å². The summed E-state index contributed by atoms with van der Waals surface area (Å²) in [5.74, 6) is -1.73. The second-order valence-corrected chi connectivity index (χ2v) is 7.26. The number of carbonyl (C=O) groups is 1. The average Bonchev–Trinajstić information content (AvgIpc) is 2.64. The van der Waals surface area contributed by atoms with Gasteiger partial charge in [0.1, 0.15) is 11.4 Å². The number of alkyl halides is 1. The van der Waals surface area contributed by atoms with Gasteiger partial charge in [0.25, 0.3) is 5.91 Å². The van der Waals surface area contributed by atoms with Crippen molar-refractivity contribution in [2.45, 2.75) is 30.7 Å². The van der Waals surface area contributed by atoms with E-state index in [9.17, 15) is 19.4 Å². The Labute approximate surface area is 163 Å². The number of halogens is 4. The summed E-state index contributed by atoms with van der Waals surface area (Å²) in [6.07, 6.45) is 0.769. The minimum atomic E-state index is -2.49. The number of aliphatic hydroxyl groups excluding tert-OH is 1. The van der Waals surface area contributed by atoms with Gasteiger partial charge in [0, 0.05) is 33.9 Å². The van der Waals surface area contributed by atoms with Gasteiger partial charge in [0.15, 0.2) is 0 Å². The van der Waals surface area contributed by atoms with Crippen molar-refractivity contribution in [3.8, 4) is 0 Å². The van der Waals surface area contributed by atoms with Gasteiger partial charge in [-0.3, -0.25) is 9.78 Å². The van der Waals surface area contributed by atoms with Crippen LogP contribution in [0.15, 0.2) is 30.5 Å². The number of fused-ring (bicyclic) bond motifs is 1. The molecule has 1 aromatic heterocycles. The third-order valence-corrected chi connectivity index (χ3v) is 5.27. The predicted octanol–water partition coefficient (Wildman–Crippen LogP) is 2.98. The fourth-order valence-corrected chi connectivity index (χ4v) is 3.70. The largest absolute Gasteiger partial charge is 0.393 e. The molecule has 0 aliphatic heterocycles. The molecule has 2 atom stereocenters. The van der Waals surface area contributed by atoms with Crippen molar-refractivity contribution in [3.63, 3.8) is 0 Å². The van der Waals surface area contributed by atoms with Crippen molar-refractivity contribution in [1.82, 2.24) is 10.3 Å². The van der Waals surface area contributed by atoms with Crippen LogP contribution in [-0.4, -0.2) is 27.7 Å². The van der Waals surface area contributed by atoms with Crippen LogP contribution in [0, 0.1) is 5.82 Å². The predicted molar refractivity (Wildman–Crippen MR) is 95.5 cm³/mol. The fraction of sp³-hybridized carbons (Fsp3) is 0.333. The van der Waals surface area contributed by atoms with Crippen LogP contribution in [-0.2, 0) is 22.6 Å². The summed E-state index contributed by atoms with van der Waals surface area (Å²) < 4.78 is 29.6. The Kier molecular flexibility index (Phi) is 5.40. The Bertz CT molecular complexity index is 876. The number of nitrogens with one attached hydrogen (secondary N) is 1. The molecular formula is C18H16Cl2F2N2O3. The van der Waals surface area contributed by atoms with Gasteiger partial charge in [-0.2, -0.15) is 0 Å². The lowest BCUT2D eigenvalue weighted by molar-refractivity contribution is -0.138. The molecule has 0 bridgehead atoms. The first-order valence-corrected chi connectivity index (χ1v) is 8.87. The number of hydrogen-bond acceptors (Lipinski definition) is 4. The van der Waals surface area contributed by atoms with Crippen LogP contribution < -0.4 is 5.32 Å². The SMILES string of the molecule is O=C(NCc1c(F)cc(Cl)cc1Cl)[C@]1(F)CC[C@@](O)(CO)c2ncccc21. The van der Waals surface area contributed by atoms with Gasteiger partial charge in [-0.25, -0.2) is 8.78 Å². The zero-order valence-corrected chi connectivity index (χ0v) is 15.5. The van der Waals surface area contributed by atoms with E-state index in [0.717, 1.165) is 6.07 Å². The van der Waals surface area contributed by atoms with E-state index in [1.807, 2.05) is 0 Å². The average molecular weight is 417 g/mol. The van der Waals surface area contributed by atoms with Crippen molar-refractivity contribution in [1.29, 1.82) is 0 Å². The first-order valence-electron chi connectivity index (χ1n) is 8.11. The van der Waals surface area contributed by atoms with Gasteiger partial charge in [-0.1, -0.05) is 29.3 Å². The Morgan fingerprint density at radius 1 is 1.33 bits per heavy atom. The second-order valence-electron chi connectivity index (χ2n) is 6.42. The van der Waals surface area contributed by atoms with Gasteiger partial charge in [-0.15, -0.1) is 0 Å². The number of aliphatic hydroxyl groups is 2. The Hall–Kier alpha value is -1.80. The van der Waals surface area contributed by atoms with E-state index in [0.29, 0.717) is 0 Å². The first-order chi connectivity index (χ1) is 12.7. The van der Waals surface area contributed by atoms with E-state index in [2.05, 4.69) is 10.3 Å². The van der Waals surface area contributed by atoms with E-state index >= 15 is 4.39 Å². The third-order valence-electron chi connectivity index (χ3n) is 4.71. The van der Waals surface area contributed by atoms with E-state index in [4.69, 9.17) is 23.2 Å². The van der Waals surface area contributed by atoms with Gasteiger partial charge in [0.2, 0.25) is 5.67 Å². The molecule has 1 aromatic carbocycles. The number of carbonyl (C=O) groups excluding carboxylic acids is 1. The summed E-state index contributed by atoms with van der Waals surface area (Å²) in [6, 6.07) is 5.12. The van der Waals surface area contributed by atoms with Gasteiger partial charge >= 0.3 is 0 Å². The standard InChI is InChI=1S/C18H16Cl2F2N2O3/c19-10-6-13(20)11(14(21)7-10)8-24-16(26)18(22)4-3-17(27,9-25)15-12(18)2-1-5-23-15/h1-2,5-7,25,27H,3-4,8-9H2,(H,24,26)/t17-,18+/m1/s1. The van der Waals surface area contributed by atoms with Gasteiger partial charge < -0.3 is 15.5 Å².